The third kappa shape index (κ3) is 4.41. The number of hydrogen-bond acceptors (Lipinski definition) is 6. The molecule has 1 aromatic carbocycles. The van der Waals surface area contributed by atoms with Crippen LogP contribution in [-0.4, -0.2) is 58.4 Å². The molecule has 6 nitrogen and oxygen atoms in total. The van der Waals surface area contributed by atoms with E-state index in [0.29, 0.717) is 24.0 Å². The average molecular weight is 360 g/mol. The number of benzene rings is 1. The molecule has 1 saturated heterocycles. The minimum atomic E-state index is 0.0787. The topological polar surface area (TPSA) is 67.4 Å². The van der Waals surface area contributed by atoms with E-state index in [0.717, 1.165) is 23.3 Å². The van der Waals surface area contributed by atoms with Gasteiger partial charge in [-0.25, -0.2) is 9.97 Å². The van der Waals surface area contributed by atoms with Gasteiger partial charge in [-0.3, -0.25) is 4.79 Å². The summed E-state index contributed by atoms with van der Waals surface area (Å²) in [6.07, 6.45) is 0.157. The number of para-hydroxylation sites is 1. The highest BCUT2D eigenvalue weighted by Gasteiger charge is 2.25. The number of fused-ring (bicyclic) bond motifs is 1. The molecule has 0 radical (unpaired) electrons. The molecule has 1 aliphatic rings. The first-order valence-corrected chi connectivity index (χ1v) is 9.62. The van der Waals surface area contributed by atoms with Crippen LogP contribution in [0.2, 0.25) is 0 Å². The lowest BCUT2D eigenvalue weighted by Gasteiger charge is -2.35. The maximum absolute atomic E-state index is 12.5. The first-order chi connectivity index (χ1) is 12.1. The Morgan fingerprint density at radius 3 is 2.72 bits per heavy atom. The van der Waals surface area contributed by atoms with Crippen molar-refractivity contribution in [2.45, 2.75) is 38.1 Å². The van der Waals surface area contributed by atoms with Gasteiger partial charge in [-0.2, -0.15) is 0 Å². The number of aromatic nitrogens is 2. The number of morpholine rings is 1. The molecule has 1 amide bonds. The molecule has 0 unspecified atom stereocenters. The second-order valence-corrected chi connectivity index (χ2v) is 7.19. The minimum Gasteiger partial charge on any atom is -0.372 e. The van der Waals surface area contributed by atoms with Gasteiger partial charge in [-0.05, 0) is 32.9 Å². The largest absolute Gasteiger partial charge is 0.372 e. The maximum atomic E-state index is 12.5. The summed E-state index contributed by atoms with van der Waals surface area (Å²) in [7, 11) is 0. The third-order valence-corrected chi connectivity index (χ3v) is 4.86. The maximum Gasteiger partial charge on any atom is 0.233 e. The molecule has 1 aromatic heterocycles. The molecule has 3 rings (SSSR count). The van der Waals surface area contributed by atoms with E-state index in [1.54, 1.807) is 0 Å². The molecule has 0 bridgehead atoms. The lowest BCUT2D eigenvalue weighted by atomic mass is 10.2. The number of hydrogen-bond donors (Lipinski definition) is 1. The summed E-state index contributed by atoms with van der Waals surface area (Å²) in [6.45, 7) is 8.11. The quantitative estimate of drug-likeness (QED) is 0.653. The molecule has 0 aliphatic carbocycles. The summed E-state index contributed by atoms with van der Waals surface area (Å²) in [6, 6.07) is 7.91. The molecule has 1 N–H and O–H groups in total. The van der Waals surface area contributed by atoms with Gasteiger partial charge in [0.05, 0.1) is 23.5 Å². The highest BCUT2D eigenvalue weighted by molar-refractivity contribution is 7.99. The zero-order valence-electron chi connectivity index (χ0n) is 14.9. The van der Waals surface area contributed by atoms with Crippen LogP contribution < -0.4 is 5.32 Å². The van der Waals surface area contributed by atoms with E-state index in [9.17, 15) is 4.79 Å². The van der Waals surface area contributed by atoms with Crippen molar-refractivity contribution >= 4 is 34.4 Å². The van der Waals surface area contributed by atoms with Gasteiger partial charge in [0.2, 0.25) is 5.91 Å². The fourth-order valence-corrected chi connectivity index (χ4v) is 3.78. The van der Waals surface area contributed by atoms with Crippen LogP contribution in [0.25, 0.3) is 10.9 Å². The number of carbonyl (C=O) groups is 1. The second-order valence-electron chi connectivity index (χ2n) is 6.25. The fraction of sp³-hybridized carbons (Fsp3) is 0.500. The predicted molar refractivity (Wildman–Crippen MR) is 101 cm³/mol. The Labute approximate surface area is 152 Å². The summed E-state index contributed by atoms with van der Waals surface area (Å²) in [5.74, 6) is 1.26. The van der Waals surface area contributed by atoms with Crippen molar-refractivity contribution in [3.05, 3.63) is 24.3 Å². The van der Waals surface area contributed by atoms with Gasteiger partial charge in [0.1, 0.15) is 5.82 Å². The molecule has 25 heavy (non-hydrogen) atoms. The van der Waals surface area contributed by atoms with Gasteiger partial charge >= 0.3 is 0 Å². The van der Waals surface area contributed by atoms with Gasteiger partial charge in [-0.1, -0.05) is 23.9 Å². The van der Waals surface area contributed by atoms with Crippen molar-refractivity contribution in [1.29, 1.82) is 0 Å². The van der Waals surface area contributed by atoms with E-state index in [2.05, 4.69) is 15.3 Å². The third-order valence-electron chi connectivity index (χ3n) is 4.02. The number of nitrogens with one attached hydrogen (secondary N) is 1. The van der Waals surface area contributed by atoms with Crippen LogP contribution in [0, 0.1) is 0 Å². The molecule has 134 valence electrons. The molecule has 2 aromatic rings. The monoisotopic (exact) mass is 360 g/mol. The van der Waals surface area contributed by atoms with Crippen molar-refractivity contribution in [3.8, 4) is 0 Å². The summed E-state index contributed by atoms with van der Waals surface area (Å²) in [4.78, 5) is 23.6. The lowest BCUT2D eigenvalue weighted by Crippen LogP contribution is -2.48. The number of ether oxygens (including phenoxy) is 1. The highest BCUT2D eigenvalue weighted by atomic mass is 32.2. The van der Waals surface area contributed by atoms with E-state index >= 15 is 0 Å². The van der Waals surface area contributed by atoms with Crippen molar-refractivity contribution in [2.75, 3.05) is 30.7 Å². The Morgan fingerprint density at radius 1 is 1.28 bits per heavy atom. The van der Waals surface area contributed by atoms with E-state index in [1.807, 2.05) is 49.9 Å². The van der Waals surface area contributed by atoms with Crippen molar-refractivity contribution in [1.82, 2.24) is 14.9 Å². The Kier molecular flexibility index (Phi) is 5.75. The molecule has 1 aliphatic heterocycles. The molecule has 0 spiro atoms. The molecule has 2 heterocycles. The van der Waals surface area contributed by atoms with Gasteiger partial charge in [0.25, 0.3) is 0 Å². The Balaban J connectivity index is 1.71. The van der Waals surface area contributed by atoms with Gasteiger partial charge < -0.3 is 15.0 Å². The Morgan fingerprint density at radius 2 is 2.00 bits per heavy atom. The van der Waals surface area contributed by atoms with Crippen LogP contribution in [0.5, 0.6) is 0 Å². The lowest BCUT2D eigenvalue weighted by molar-refractivity contribution is -0.140. The molecule has 7 heteroatoms. The van der Waals surface area contributed by atoms with Crippen LogP contribution in [-0.2, 0) is 9.53 Å². The second kappa shape index (κ2) is 8.01. The van der Waals surface area contributed by atoms with Crippen molar-refractivity contribution < 1.29 is 9.53 Å². The van der Waals surface area contributed by atoms with Crippen LogP contribution in [0.3, 0.4) is 0 Å². The van der Waals surface area contributed by atoms with Crippen LogP contribution in [0.4, 0.5) is 5.82 Å². The normalized spacial score (nSPS) is 20.7. The summed E-state index contributed by atoms with van der Waals surface area (Å²) < 4.78 is 5.69. The smallest absolute Gasteiger partial charge is 0.233 e. The van der Waals surface area contributed by atoms with Gasteiger partial charge in [0, 0.05) is 25.0 Å². The Hall–Kier alpha value is -1.86. The number of thioether (sulfide) groups is 1. The van der Waals surface area contributed by atoms with E-state index in [1.165, 1.54) is 11.8 Å². The zero-order valence-corrected chi connectivity index (χ0v) is 15.7. The first-order valence-electron chi connectivity index (χ1n) is 8.63. The molecular weight excluding hydrogens is 336 g/mol. The van der Waals surface area contributed by atoms with Crippen LogP contribution in [0.15, 0.2) is 29.4 Å². The molecule has 1 fully saturated rings. The van der Waals surface area contributed by atoms with E-state index < -0.39 is 0 Å². The number of anilines is 1. The summed E-state index contributed by atoms with van der Waals surface area (Å²) in [5, 5.41) is 4.90. The first kappa shape index (κ1) is 17.9. The molecule has 0 saturated carbocycles. The molecular formula is C18H24N4O2S. The standard InChI is InChI=1S/C18H24N4O2S/c1-4-19-17-14-7-5-6-8-15(14)20-18(21-17)25-11-16(23)22-9-12(2)24-13(3)10-22/h5-8,12-13H,4,9-11H2,1-3H3,(H,19,20,21)/t12-,13-/m0/s1. The van der Waals surface area contributed by atoms with Crippen molar-refractivity contribution in [3.63, 3.8) is 0 Å². The zero-order chi connectivity index (χ0) is 17.8. The van der Waals surface area contributed by atoms with Gasteiger partial charge in [-0.15, -0.1) is 0 Å². The predicted octanol–water partition coefficient (Wildman–Crippen LogP) is 2.79. The number of carbonyl (C=O) groups excluding carboxylic acids is 1. The van der Waals surface area contributed by atoms with Gasteiger partial charge in [0.15, 0.2) is 5.16 Å². The van der Waals surface area contributed by atoms with E-state index in [4.69, 9.17) is 4.74 Å². The Bertz CT molecular complexity index is 745. The highest BCUT2D eigenvalue weighted by Crippen LogP contribution is 2.24. The van der Waals surface area contributed by atoms with Crippen LogP contribution >= 0.6 is 11.8 Å². The number of amides is 1. The minimum absolute atomic E-state index is 0.0787. The fourth-order valence-electron chi connectivity index (χ4n) is 3.02. The van der Waals surface area contributed by atoms with E-state index in [-0.39, 0.29) is 18.1 Å². The number of rotatable bonds is 5. The average Bonchev–Trinajstić information content (AvgIpc) is 2.59. The summed E-state index contributed by atoms with van der Waals surface area (Å²) in [5.41, 5.74) is 0.886. The SMILES string of the molecule is CCNc1nc(SCC(=O)N2C[C@H](C)O[C@@H](C)C2)nc2ccccc12. The number of nitrogens with zero attached hydrogens (tertiary/aromatic N) is 3. The van der Waals surface area contributed by atoms with Crippen LogP contribution in [0.1, 0.15) is 20.8 Å². The molecule has 2 atom stereocenters. The van der Waals surface area contributed by atoms with Crippen molar-refractivity contribution in [2.24, 2.45) is 0 Å². The summed E-state index contributed by atoms with van der Waals surface area (Å²) >= 11 is 1.39.